The van der Waals surface area contributed by atoms with Crippen molar-refractivity contribution in [3.8, 4) is 0 Å². The molecule has 24 heavy (non-hydrogen) atoms. The zero-order valence-corrected chi connectivity index (χ0v) is 13.4. The molecule has 1 aromatic carbocycles. The molecule has 0 radical (unpaired) electrons. The van der Waals surface area contributed by atoms with E-state index < -0.39 is 44.5 Å². The number of nitrogens with one attached hydrogen (secondary N) is 2. The second-order valence-corrected chi connectivity index (χ2v) is 6.36. The quantitative estimate of drug-likeness (QED) is 0.742. The van der Waals surface area contributed by atoms with Crippen molar-refractivity contribution < 1.29 is 36.3 Å². The zero-order valence-electron chi connectivity index (χ0n) is 12.6. The Morgan fingerprint density at radius 2 is 1.67 bits per heavy atom. The summed E-state index contributed by atoms with van der Waals surface area (Å²) in [6, 6.07) is 2.81. The van der Waals surface area contributed by atoms with Gasteiger partial charge in [-0.1, -0.05) is 0 Å². The third kappa shape index (κ3) is 4.72. The van der Waals surface area contributed by atoms with Crippen molar-refractivity contribution in [2.45, 2.75) is 23.7 Å². The molecule has 0 saturated carbocycles. The minimum atomic E-state index is -4.77. The molecule has 11 heteroatoms. The predicted molar refractivity (Wildman–Crippen MR) is 77.1 cm³/mol. The molecule has 1 aromatic rings. The molecule has 0 spiro atoms. The van der Waals surface area contributed by atoms with Gasteiger partial charge < -0.3 is 10.1 Å². The van der Waals surface area contributed by atoms with Gasteiger partial charge in [-0.2, -0.15) is 8.78 Å². The monoisotopic (exact) mass is 364 g/mol. The Morgan fingerprint density at radius 1 is 1.12 bits per heavy atom. The maximum Gasteiger partial charge on any atom is 0.341 e. The number of alkyl halides is 2. The van der Waals surface area contributed by atoms with Crippen molar-refractivity contribution >= 4 is 27.7 Å². The van der Waals surface area contributed by atoms with E-state index in [1.54, 1.807) is 0 Å². The highest BCUT2D eigenvalue weighted by Gasteiger charge is 2.27. The SMILES string of the molecule is CNC(=O)NC(=O)[C@H](C)OC(=O)c1ccc(S(=O)(=O)C(F)F)cc1. The summed E-state index contributed by atoms with van der Waals surface area (Å²) in [4.78, 5) is 33.7. The fourth-order valence-electron chi connectivity index (χ4n) is 1.44. The molecule has 0 fully saturated rings. The van der Waals surface area contributed by atoms with Crippen LogP contribution in [0.3, 0.4) is 0 Å². The molecule has 0 aromatic heterocycles. The van der Waals surface area contributed by atoms with Gasteiger partial charge >= 0.3 is 17.8 Å². The minimum absolute atomic E-state index is 0.150. The first-order valence-electron chi connectivity index (χ1n) is 6.45. The van der Waals surface area contributed by atoms with Crippen LogP contribution in [0.2, 0.25) is 0 Å². The maximum absolute atomic E-state index is 12.4. The van der Waals surface area contributed by atoms with E-state index in [1.807, 2.05) is 5.32 Å². The number of halogens is 2. The lowest BCUT2D eigenvalue weighted by Gasteiger charge is -2.12. The van der Waals surface area contributed by atoms with Crippen LogP contribution in [0.4, 0.5) is 13.6 Å². The Labute approximate surface area is 136 Å². The number of imide groups is 1. The summed E-state index contributed by atoms with van der Waals surface area (Å²) >= 11 is 0. The molecule has 8 nitrogen and oxygen atoms in total. The van der Waals surface area contributed by atoms with Crippen LogP contribution in [-0.2, 0) is 19.4 Å². The number of rotatable bonds is 5. The van der Waals surface area contributed by atoms with Crippen LogP contribution in [0, 0.1) is 0 Å². The molecule has 0 saturated heterocycles. The van der Waals surface area contributed by atoms with Crippen molar-refractivity contribution in [3.63, 3.8) is 0 Å². The summed E-state index contributed by atoms with van der Waals surface area (Å²) in [6.45, 7) is 1.21. The predicted octanol–water partition coefficient (Wildman–Crippen LogP) is 0.684. The van der Waals surface area contributed by atoms with Crippen LogP contribution in [0.5, 0.6) is 0 Å². The number of ether oxygens (including phenoxy) is 1. The normalized spacial score (nSPS) is 12.4. The first-order valence-corrected chi connectivity index (χ1v) is 8.00. The fraction of sp³-hybridized carbons (Fsp3) is 0.308. The smallest absolute Gasteiger partial charge is 0.341 e. The highest BCUT2D eigenvalue weighted by Crippen LogP contribution is 2.19. The van der Waals surface area contributed by atoms with Crippen molar-refractivity contribution in [2.24, 2.45) is 0 Å². The third-order valence-electron chi connectivity index (χ3n) is 2.77. The summed E-state index contributed by atoms with van der Waals surface area (Å²) in [7, 11) is -3.48. The van der Waals surface area contributed by atoms with Crippen LogP contribution in [0.1, 0.15) is 17.3 Å². The average Bonchev–Trinajstić information content (AvgIpc) is 2.54. The van der Waals surface area contributed by atoms with Crippen molar-refractivity contribution in [2.75, 3.05) is 7.05 Å². The highest BCUT2D eigenvalue weighted by molar-refractivity contribution is 7.91. The molecule has 0 aliphatic heterocycles. The number of carbonyl (C=O) groups excluding carboxylic acids is 3. The molecule has 132 valence electrons. The van der Waals surface area contributed by atoms with Crippen molar-refractivity contribution in [1.82, 2.24) is 10.6 Å². The fourth-order valence-corrected chi connectivity index (χ4v) is 2.16. The highest BCUT2D eigenvalue weighted by atomic mass is 32.2. The maximum atomic E-state index is 12.4. The number of sulfone groups is 1. The summed E-state index contributed by atoms with van der Waals surface area (Å²) in [6.07, 6.45) is -1.31. The average molecular weight is 364 g/mol. The topological polar surface area (TPSA) is 119 Å². The number of hydrogen-bond donors (Lipinski definition) is 2. The van der Waals surface area contributed by atoms with E-state index in [2.05, 4.69) is 5.32 Å². The Hall–Kier alpha value is -2.56. The molecular weight excluding hydrogens is 350 g/mol. The van der Waals surface area contributed by atoms with Crippen molar-refractivity contribution in [1.29, 1.82) is 0 Å². The van der Waals surface area contributed by atoms with Gasteiger partial charge in [0.15, 0.2) is 6.10 Å². The van der Waals surface area contributed by atoms with Crippen LogP contribution in [0.15, 0.2) is 29.2 Å². The second-order valence-electron chi connectivity index (χ2n) is 4.45. The number of esters is 1. The summed E-state index contributed by atoms with van der Waals surface area (Å²) in [5.74, 6) is -5.45. The molecule has 1 rings (SSSR count). The molecule has 0 bridgehead atoms. The lowest BCUT2D eigenvalue weighted by molar-refractivity contribution is -0.127. The number of benzene rings is 1. The molecule has 1 atom stereocenters. The van der Waals surface area contributed by atoms with Crippen molar-refractivity contribution in [3.05, 3.63) is 29.8 Å². The molecule has 0 heterocycles. The van der Waals surface area contributed by atoms with Gasteiger partial charge in [0.2, 0.25) is 9.84 Å². The van der Waals surface area contributed by atoms with Crippen LogP contribution >= 0.6 is 0 Å². The molecule has 0 unspecified atom stereocenters. The minimum Gasteiger partial charge on any atom is -0.449 e. The molecule has 3 amide bonds. The Kier molecular flexibility index (Phi) is 6.35. The standard InChI is InChI=1S/C13H14F2N2O6S/c1-7(10(18)17-13(20)16-2)23-11(19)8-3-5-9(6-4-8)24(21,22)12(14)15/h3-7,12H,1-2H3,(H2,16,17,18,20)/t7-/m0/s1. The Bertz CT molecular complexity index is 733. The summed E-state index contributed by atoms with van der Waals surface area (Å²) in [5.41, 5.74) is -0.150. The number of urea groups is 1. The van der Waals surface area contributed by atoms with Gasteiger partial charge in [0.1, 0.15) is 0 Å². The van der Waals surface area contributed by atoms with Gasteiger partial charge in [-0.15, -0.1) is 0 Å². The lowest BCUT2D eigenvalue weighted by Crippen LogP contribution is -2.43. The van der Waals surface area contributed by atoms with E-state index in [1.165, 1.54) is 14.0 Å². The van der Waals surface area contributed by atoms with Gasteiger partial charge in [0.25, 0.3) is 5.91 Å². The van der Waals surface area contributed by atoms with E-state index >= 15 is 0 Å². The zero-order chi connectivity index (χ0) is 18.5. The molecule has 0 aliphatic rings. The van der Waals surface area contributed by atoms with Gasteiger partial charge in [-0.05, 0) is 31.2 Å². The van der Waals surface area contributed by atoms with E-state index in [4.69, 9.17) is 4.74 Å². The number of carbonyl (C=O) groups is 3. The number of amides is 3. The molecule has 0 aliphatic carbocycles. The lowest BCUT2D eigenvalue weighted by atomic mass is 10.2. The van der Waals surface area contributed by atoms with Gasteiger partial charge in [-0.3, -0.25) is 10.1 Å². The van der Waals surface area contributed by atoms with E-state index in [9.17, 15) is 31.6 Å². The van der Waals surface area contributed by atoms with Crippen LogP contribution in [-0.4, -0.2) is 45.2 Å². The van der Waals surface area contributed by atoms with Crippen LogP contribution < -0.4 is 10.6 Å². The van der Waals surface area contributed by atoms with E-state index in [0.717, 1.165) is 24.3 Å². The third-order valence-corrected chi connectivity index (χ3v) is 4.17. The van der Waals surface area contributed by atoms with Gasteiger partial charge in [-0.25, -0.2) is 18.0 Å². The Balaban J connectivity index is 2.79. The molecule has 2 N–H and O–H groups in total. The first kappa shape index (κ1) is 19.5. The summed E-state index contributed by atoms with van der Waals surface area (Å²) in [5, 5.41) is 4.03. The Morgan fingerprint density at radius 3 is 2.12 bits per heavy atom. The first-order chi connectivity index (χ1) is 11.1. The largest absolute Gasteiger partial charge is 0.449 e. The summed E-state index contributed by atoms with van der Waals surface area (Å²) < 4.78 is 52.1. The van der Waals surface area contributed by atoms with E-state index in [0.29, 0.717) is 0 Å². The van der Waals surface area contributed by atoms with Crippen LogP contribution in [0.25, 0.3) is 0 Å². The van der Waals surface area contributed by atoms with Gasteiger partial charge in [0.05, 0.1) is 10.5 Å². The molecular formula is C13H14F2N2O6S. The second kappa shape index (κ2) is 7.81. The van der Waals surface area contributed by atoms with Gasteiger partial charge in [0, 0.05) is 7.05 Å². The van der Waals surface area contributed by atoms with E-state index in [-0.39, 0.29) is 5.56 Å². The number of hydrogen-bond acceptors (Lipinski definition) is 6.